The number of rotatable bonds is 6. The molecular formula is C27H25N3O4S. The lowest BCUT2D eigenvalue weighted by atomic mass is 10.2. The average Bonchev–Trinajstić information content (AvgIpc) is 3.55. The maximum Gasteiger partial charge on any atom is 0.291 e. The number of ether oxygens (including phenoxy) is 1. The number of thiophene rings is 1. The molecule has 0 aliphatic carbocycles. The van der Waals surface area contributed by atoms with Crippen LogP contribution in [0.2, 0.25) is 0 Å². The number of benzene rings is 2. The summed E-state index contributed by atoms with van der Waals surface area (Å²) >= 11 is 1.55. The van der Waals surface area contributed by atoms with E-state index >= 15 is 0 Å². The summed E-state index contributed by atoms with van der Waals surface area (Å²) in [5, 5.41) is 5.52. The van der Waals surface area contributed by atoms with Gasteiger partial charge in [-0.15, -0.1) is 11.3 Å². The minimum Gasteiger partial charge on any atom is -0.497 e. The summed E-state index contributed by atoms with van der Waals surface area (Å²) in [6.45, 7) is 2.45. The molecule has 0 unspecified atom stereocenters. The largest absolute Gasteiger partial charge is 0.497 e. The number of hydrogen-bond acceptors (Lipinski definition) is 6. The van der Waals surface area contributed by atoms with Crippen molar-refractivity contribution >= 4 is 51.6 Å². The quantitative estimate of drug-likeness (QED) is 0.382. The predicted octanol–water partition coefficient (Wildman–Crippen LogP) is 5.12. The number of fused-ring (bicyclic) bond motifs is 1. The first kappa shape index (κ1) is 22.7. The van der Waals surface area contributed by atoms with Crippen LogP contribution >= 0.6 is 11.3 Å². The first-order valence-electron chi connectivity index (χ1n) is 11.3. The van der Waals surface area contributed by atoms with Crippen molar-refractivity contribution in [2.75, 3.05) is 43.5 Å². The molecule has 2 aromatic carbocycles. The number of carbonyl (C=O) groups excluding carboxylic acids is 2. The van der Waals surface area contributed by atoms with Crippen LogP contribution in [0.5, 0.6) is 5.75 Å². The van der Waals surface area contributed by atoms with Crippen molar-refractivity contribution < 1.29 is 18.7 Å². The Morgan fingerprint density at radius 3 is 2.63 bits per heavy atom. The summed E-state index contributed by atoms with van der Waals surface area (Å²) in [5.41, 5.74) is 2.02. The zero-order chi connectivity index (χ0) is 24.2. The van der Waals surface area contributed by atoms with Crippen LogP contribution < -0.4 is 15.0 Å². The van der Waals surface area contributed by atoms with Crippen LogP contribution in [0.3, 0.4) is 0 Å². The highest BCUT2D eigenvalue weighted by molar-refractivity contribution is 7.10. The summed E-state index contributed by atoms with van der Waals surface area (Å²) in [7, 11) is 1.65. The molecule has 1 saturated heterocycles. The van der Waals surface area contributed by atoms with Crippen molar-refractivity contribution in [2.24, 2.45) is 0 Å². The third-order valence-corrected chi connectivity index (χ3v) is 6.80. The molecule has 1 N–H and O–H groups in total. The van der Waals surface area contributed by atoms with E-state index in [1.165, 1.54) is 6.08 Å². The van der Waals surface area contributed by atoms with Gasteiger partial charge in [-0.1, -0.05) is 24.3 Å². The van der Waals surface area contributed by atoms with Crippen LogP contribution in [-0.4, -0.2) is 50.0 Å². The zero-order valence-electron chi connectivity index (χ0n) is 19.3. The molecule has 35 heavy (non-hydrogen) atoms. The Bertz CT molecular complexity index is 1370. The van der Waals surface area contributed by atoms with Crippen molar-refractivity contribution in [3.05, 3.63) is 82.8 Å². The van der Waals surface area contributed by atoms with Crippen molar-refractivity contribution in [2.45, 2.75) is 0 Å². The number of hydrogen-bond donors (Lipinski definition) is 1. The summed E-state index contributed by atoms with van der Waals surface area (Å²) in [4.78, 5) is 31.1. The van der Waals surface area contributed by atoms with E-state index in [-0.39, 0.29) is 17.6 Å². The number of amides is 2. The number of furan rings is 1. The normalized spacial score (nSPS) is 14.0. The van der Waals surface area contributed by atoms with Gasteiger partial charge in [-0.3, -0.25) is 9.59 Å². The summed E-state index contributed by atoms with van der Waals surface area (Å²) < 4.78 is 11.3. The predicted molar refractivity (Wildman–Crippen MR) is 139 cm³/mol. The average molecular weight is 488 g/mol. The van der Waals surface area contributed by atoms with E-state index in [1.54, 1.807) is 35.5 Å². The van der Waals surface area contributed by atoms with E-state index in [0.717, 1.165) is 16.3 Å². The number of piperazine rings is 1. The fraction of sp³-hybridized carbons (Fsp3) is 0.185. The molecule has 0 bridgehead atoms. The molecule has 1 fully saturated rings. The van der Waals surface area contributed by atoms with Gasteiger partial charge >= 0.3 is 0 Å². The third kappa shape index (κ3) is 4.93. The second kappa shape index (κ2) is 10.1. The highest BCUT2D eigenvalue weighted by atomic mass is 32.1. The molecule has 0 radical (unpaired) electrons. The Labute approximate surface area is 207 Å². The number of carbonyl (C=O) groups is 2. The second-order valence-corrected chi connectivity index (χ2v) is 9.10. The van der Waals surface area contributed by atoms with E-state index < -0.39 is 0 Å². The Hall–Kier alpha value is -4.04. The molecule has 1 aliphatic rings. The minimum atomic E-state index is -0.318. The topological polar surface area (TPSA) is 75.0 Å². The highest BCUT2D eigenvalue weighted by Crippen LogP contribution is 2.32. The lowest BCUT2D eigenvalue weighted by Gasteiger charge is -2.36. The van der Waals surface area contributed by atoms with Crippen LogP contribution in [0, 0.1) is 0 Å². The molecule has 7 nitrogen and oxygen atoms in total. The van der Waals surface area contributed by atoms with Crippen LogP contribution in [-0.2, 0) is 4.79 Å². The second-order valence-electron chi connectivity index (χ2n) is 8.12. The van der Waals surface area contributed by atoms with Gasteiger partial charge in [0.05, 0.1) is 7.11 Å². The van der Waals surface area contributed by atoms with Crippen LogP contribution in [0.15, 0.2) is 76.5 Å². The van der Waals surface area contributed by atoms with Gasteiger partial charge in [0.25, 0.3) is 5.91 Å². The highest BCUT2D eigenvalue weighted by Gasteiger charge is 2.29. The van der Waals surface area contributed by atoms with Gasteiger partial charge in [0.1, 0.15) is 17.0 Å². The molecule has 0 spiro atoms. The number of para-hydroxylation sites is 1. The molecular weight excluding hydrogens is 462 g/mol. The molecule has 0 saturated carbocycles. The molecule has 1 aliphatic heterocycles. The number of methoxy groups -OCH3 is 1. The van der Waals surface area contributed by atoms with E-state index in [1.807, 2.05) is 60.0 Å². The lowest BCUT2D eigenvalue weighted by Crippen LogP contribution is -2.48. The van der Waals surface area contributed by atoms with Crippen molar-refractivity contribution in [1.82, 2.24) is 4.90 Å². The van der Waals surface area contributed by atoms with E-state index in [0.29, 0.717) is 42.8 Å². The Balaban J connectivity index is 1.33. The SMILES string of the molecule is COc1cccc(N2CCN(C(=O)c3oc4ccccc4c3NC(=O)/C=C/c3cccs3)CC2)c1. The van der Waals surface area contributed by atoms with E-state index in [4.69, 9.17) is 9.15 Å². The lowest BCUT2D eigenvalue weighted by molar-refractivity contribution is -0.111. The molecule has 0 atom stereocenters. The van der Waals surface area contributed by atoms with Crippen LogP contribution in [0.4, 0.5) is 11.4 Å². The summed E-state index contributed by atoms with van der Waals surface area (Å²) in [6, 6.07) is 19.1. The molecule has 4 aromatic rings. The Morgan fingerprint density at radius 1 is 1.03 bits per heavy atom. The standard InChI is InChI=1S/C27H25N3O4S/c1-33-20-7-4-6-19(18-20)29-13-15-30(16-14-29)27(32)26-25(22-9-2-3-10-23(22)34-26)28-24(31)12-11-21-8-5-17-35-21/h2-12,17-18H,13-16H2,1H3,(H,28,31)/b12-11+. The smallest absolute Gasteiger partial charge is 0.291 e. The maximum absolute atomic E-state index is 13.5. The fourth-order valence-electron chi connectivity index (χ4n) is 4.15. The number of nitrogens with zero attached hydrogens (tertiary/aromatic N) is 2. The van der Waals surface area contributed by atoms with Gasteiger partial charge in [0, 0.05) is 54.3 Å². The number of nitrogens with one attached hydrogen (secondary N) is 1. The summed E-state index contributed by atoms with van der Waals surface area (Å²) in [6.07, 6.45) is 3.22. The number of anilines is 2. The van der Waals surface area contributed by atoms with Gasteiger partial charge in [0.15, 0.2) is 0 Å². The first-order valence-corrected chi connectivity index (χ1v) is 12.2. The van der Waals surface area contributed by atoms with Gasteiger partial charge in [-0.25, -0.2) is 0 Å². The monoisotopic (exact) mass is 487 g/mol. The van der Waals surface area contributed by atoms with Crippen molar-refractivity contribution in [1.29, 1.82) is 0 Å². The molecule has 8 heteroatoms. The minimum absolute atomic E-state index is 0.152. The van der Waals surface area contributed by atoms with Gasteiger partial charge < -0.3 is 24.3 Å². The zero-order valence-corrected chi connectivity index (χ0v) is 20.1. The van der Waals surface area contributed by atoms with Gasteiger partial charge in [0.2, 0.25) is 11.7 Å². The van der Waals surface area contributed by atoms with Crippen LogP contribution in [0.1, 0.15) is 15.4 Å². The Kier molecular flexibility index (Phi) is 6.54. The third-order valence-electron chi connectivity index (χ3n) is 5.97. The molecule has 2 aromatic heterocycles. The van der Waals surface area contributed by atoms with Gasteiger partial charge in [-0.2, -0.15) is 0 Å². The van der Waals surface area contributed by atoms with E-state index in [9.17, 15) is 9.59 Å². The molecule has 5 rings (SSSR count). The summed E-state index contributed by atoms with van der Waals surface area (Å²) in [5.74, 6) is 0.404. The van der Waals surface area contributed by atoms with Gasteiger partial charge in [-0.05, 0) is 41.8 Å². The molecule has 178 valence electrons. The molecule has 3 heterocycles. The van der Waals surface area contributed by atoms with Crippen molar-refractivity contribution in [3.63, 3.8) is 0 Å². The van der Waals surface area contributed by atoms with E-state index in [2.05, 4.69) is 10.2 Å². The Morgan fingerprint density at radius 2 is 1.86 bits per heavy atom. The van der Waals surface area contributed by atoms with Crippen LogP contribution in [0.25, 0.3) is 17.0 Å². The van der Waals surface area contributed by atoms with Crippen molar-refractivity contribution in [3.8, 4) is 5.75 Å². The fourth-order valence-corrected chi connectivity index (χ4v) is 4.77. The first-order chi connectivity index (χ1) is 17.1. The maximum atomic E-state index is 13.5. The molecule has 2 amide bonds.